The average molecular weight is 313 g/mol. The summed E-state index contributed by atoms with van der Waals surface area (Å²) in [5, 5.41) is 15.4. The standard InChI is InChI=1S/C17H19N3O3/c1-12-6-2-4-8-14(12)22-16-10-17(19-11-18-16)23-15-9-5-3-7-13(15)20-21/h2-10,16,18-21H,11H2,1H3. The van der Waals surface area contributed by atoms with Crippen molar-refractivity contribution in [3.05, 3.63) is 66.1 Å². The normalized spacial score (nSPS) is 17.0. The van der Waals surface area contributed by atoms with Gasteiger partial charge in [-0.2, -0.15) is 0 Å². The van der Waals surface area contributed by atoms with E-state index >= 15 is 0 Å². The number of rotatable bonds is 5. The summed E-state index contributed by atoms with van der Waals surface area (Å²) in [6, 6.07) is 15.0. The molecule has 0 saturated heterocycles. The van der Waals surface area contributed by atoms with E-state index in [9.17, 15) is 0 Å². The quantitative estimate of drug-likeness (QED) is 0.636. The lowest BCUT2D eigenvalue weighted by Gasteiger charge is -2.25. The second kappa shape index (κ2) is 7.04. The summed E-state index contributed by atoms with van der Waals surface area (Å²) in [6.07, 6.45) is 1.51. The Labute approximate surface area is 134 Å². The molecular weight excluding hydrogens is 294 g/mol. The van der Waals surface area contributed by atoms with Crippen LogP contribution in [-0.4, -0.2) is 18.1 Å². The summed E-state index contributed by atoms with van der Waals surface area (Å²) in [5.74, 6) is 1.90. The molecule has 1 heterocycles. The number of nitrogens with one attached hydrogen (secondary N) is 3. The first kappa shape index (κ1) is 15.2. The maximum absolute atomic E-state index is 9.12. The van der Waals surface area contributed by atoms with Gasteiger partial charge in [0.2, 0.25) is 0 Å². The number of para-hydroxylation sites is 3. The predicted molar refractivity (Wildman–Crippen MR) is 87.3 cm³/mol. The zero-order valence-corrected chi connectivity index (χ0v) is 12.7. The lowest BCUT2D eigenvalue weighted by atomic mass is 10.2. The molecule has 0 radical (unpaired) electrons. The molecule has 6 heteroatoms. The smallest absolute Gasteiger partial charge is 0.195 e. The molecule has 0 aliphatic carbocycles. The highest BCUT2D eigenvalue weighted by Crippen LogP contribution is 2.25. The van der Waals surface area contributed by atoms with Gasteiger partial charge in [-0.1, -0.05) is 30.3 Å². The lowest BCUT2D eigenvalue weighted by Crippen LogP contribution is -2.45. The first-order valence-corrected chi connectivity index (χ1v) is 7.34. The third-order valence-corrected chi connectivity index (χ3v) is 3.44. The molecule has 3 rings (SSSR count). The molecule has 0 fully saturated rings. The minimum absolute atomic E-state index is 0.304. The van der Waals surface area contributed by atoms with Crippen LogP contribution in [-0.2, 0) is 0 Å². The molecule has 23 heavy (non-hydrogen) atoms. The zero-order valence-electron chi connectivity index (χ0n) is 12.7. The molecule has 4 N–H and O–H groups in total. The Morgan fingerprint density at radius 2 is 1.83 bits per heavy atom. The fraction of sp³-hybridized carbons (Fsp3) is 0.176. The Balaban J connectivity index is 1.73. The summed E-state index contributed by atoms with van der Waals surface area (Å²) in [4.78, 5) is 0. The van der Waals surface area contributed by atoms with E-state index in [1.165, 1.54) is 0 Å². The predicted octanol–water partition coefficient (Wildman–Crippen LogP) is 2.57. The van der Waals surface area contributed by atoms with E-state index in [0.29, 0.717) is 24.0 Å². The molecule has 2 aromatic carbocycles. The van der Waals surface area contributed by atoms with E-state index in [4.69, 9.17) is 14.7 Å². The fourth-order valence-electron chi connectivity index (χ4n) is 2.23. The molecule has 120 valence electrons. The Morgan fingerprint density at radius 1 is 1.09 bits per heavy atom. The van der Waals surface area contributed by atoms with Gasteiger partial charge in [-0.15, -0.1) is 0 Å². The van der Waals surface area contributed by atoms with E-state index in [1.54, 1.807) is 18.2 Å². The summed E-state index contributed by atoms with van der Waals surface area (Å²) < 4.78 is 11.7. The van der Waals surface area contributed by atoms with Gasteiger partial charge in [0.25, 0.3) is 0 Å². The van der Waals surface area contributed by atoms with E-state index in [-0.39, 0.29) is 6.23 Å². The zero-order chi connectivity index (χ0) is 16.1. The van der Waals surface area contributed by atoms with Crippen molar-refractivity contribution in [3.8, 4) is 11.5 Å². The van der Waals surface area contributed by atoms with E-state index in [2.05, 4.69) is 16.1 Å². The van der Waals surface area contributed by atoms with Gasteiger partial charge in [-0.3, -0.25) is 16.0 Å². The van der Waals surface area contributed by atoms with Crippen LogP contribution in [0.2, 0.25) is 0 Å². The summed E-state index contributed by atoms with van der Waals surface area (Å²) in [5.41, 5.74) is 3.68. The Bertz CT molecular complexity index is 703. The molecule has 6 nitrogen and oxygen atoms in total. The minimum Gasteiger partial charge on any atom is -0.471 e. The Morgan fingerprint density at radius 3 is 2.61 bits per heavy atom. The van der Waals surface area contributed by atoms with Gasteiger partial charge >= 0.3 is 0 Å². The van der Waals surface area contributed by atoms with E-state index < -0.39 is 0 Å². The second-order valence-electron chi connectivity index (χ2n) is 5.10. The number of aryl methyl sites for hydroxylation is 1. The van der Waals surface area contributed by atoms with Crippen molar-refractivity contribution in [1.82, 2.24) is 10.6 Å². The van der Waals surface area contributed by atoms with Crippen molar-refractivity contribution in [2.75, 3.05) is 12.1 Å². The lowest BCUT2D eigenvalue weighted by molar-refractivity contribution is 0.183. The van der Waals surface area contributed by atoms with Crippen LogP contribution in [0.5, 0.6) is 11.5 Å². The van der Waals surface area contributed by atoms with Crippen molar-refractivity contribution >= 4 is 5.69 Å². The summed E-state index contributed by atoms with van der Waals surface area (Å²) >= 11 is 0. The molecule has 1 atom stereocenters. The van der Waals surface area contributed by atoms with Gasteiger partial charge in [0.1, 0.15) is 11.4 Å². The second-order valence-corrected chi connectivity index (χ2v) is 5.10. The number of anilines is 1. The van der Waals surface area contributed by atoms with E-state index in [1.807, 2.05) is 43.3 Å². The van der Waals surface area contributed by atoms with Crippen LogP contribution in [0.15, 0.2) is 60.5 Å². The fourth-order valence-corrected chi connectivity index (χ4v) is 2.23. The maximum atomic E-state index is 9.12. The van der Waals surface area contributed by atoms with Crippen LogP contribution in [0, 0.1) is 6.92 Å². The molecule has 0 saturated carbocycles. The highest BCUT2D eigenvalue weighted by Gasteiger charge is 2.16. The topological polar surface area (TPSA) is 74.8 Å². The van der Waals surface area contributed by atoms with Crippen LogP contribution in [0.1, 0.15) is 5.56 Å². The molecular formula is C17H19N3O3. The third kappa shape index (κ3) is 3.74. The minimum atomic E-state index is -0.304. The van der Waals surface area contributed by atoms with Crippen LogP contribution in [0.4, 0.5) is 5.69 Å². The van der Waals surface area contributed by atoms with Gasteiger partial charge in [0, 0.05) is 6.08 Å². The molecule has 1 aliphatic heterocycles. The monoisotopic (exact) mass is 313 g/mol. The number of benzene rings is 2. The average Bonchev–Trinajstić information content (AvgIpc) is 2.58. The largest absolute Gasteiger partial charge is 0.471 e. The Kier molecular flexibility index (Phi) is 4.65. The van der Waals surface area contributed by atoms with Gasteiger partial charge in [-0.05, 0) is 30.7 Å². The number of hydrogen-bond donors (Lipinski definition) is 4. The van der Waals surface area contributed by atoms with Gasteiger partial charge in [-0.25, -0.2) is 0 Å². The molecule has 0 bridgehead atoms. The van der Waals surface area contributed by atoms with Gasteiger partial charge in [0.05, 0.1) is 6.67 Å². The van der Waals surface area contributed by atoms with Crippen molar-refractivity contribution in [2.45, 2.75) is 13.2 Å². The summed E-state index contributed by atoms with van der Waals surface area (Å²) in [7, 11) is 0. The van der Waals surface area contributed by atoms with Gasteiger partial charge < -0.3 is 14.8 Å². The van der Waals surface area contributed by atoms with Crippen LogP contribution >= 0.6 is 0 Å². The van der Waals surface area contributed by atoms with Crippen LogP contribution in [0.25, 0.3) is 0 Å². The molecule has 0 aromatic heterocycles. The molecule has 2 aromatic rings. The first-order valence-electron chi connectivity index (χ1n) is 7.34. The highest BCUT2D eigenvalue weighted by atomic mass is 16.5. The van der Waals surface area contributed by atoms with E-state index in [0.717, 1.165) is 11.3 Å². The molecule has 1 unspecified atom stereocenters. The maximum Gasteiger partial charge on any atom is 0.195 e. The van der Waals surface area contributed by atoms with Crippen LogP contribution in [0.3, 0.4) is 0 Å². The third-order valence-electron chi connectivity index (χ3n) is 3.44. The van der Waals surface area contributed by atoms with Crippen molar-refractivity contribution in [1.29, 1.82) is 0 Å². The highest BCUT2D eigenvalue weighted by molar-refractivity contribution is 5.55. The van der Waals surface area contributed by atoms with Crippen molar-refractivity contribution in [2.24, 2.45) is 0 Å². The molecule has 0 spiro atoms. The first-order chi connectivity index (χ1) is 11.3. The number of hydrogen-bond acceptors (Lipinski definition) is 6. The van der Waals surface area contributed by atoms with Crippen LogP contribution < -0.4 is 25.6 Å². The number of ether oxygens (including phenoxy) is 2. The molecule has 1 aliphatic rings. The summed E-state index contributed by atoms with van der Waals surface area (Å²) in [6.45, 7) is 2.51. The van der Waals surface area contributed by atoms with Crippen molar-refractivity contribution in [3.63, 3.8) is 0 Å². The Hall–Kier alpha value is -2.70. The SMILES string of the molecule is Cc1ccccc1OC1C=C(Oc2ccccc2NO)NCN1. The van der Waals surface area contributed by atoms with Gasteiger partial charge in [0.15, 0.2) is 17.9 Å². The van der Waals surface area contributed by atoms with Crippen molar-refractivity contribution < 1.29 is 14.7 Å². The molecule has 0 amide bonds.